The zero-order chi connectivity index (χ0) is 32.5. The number of rotatable bonds is 8. The summed E-state index contributed by atoms with van der Waals surface area (Å²) in [4.78, 5) is 31.8. The summed E-state index contributed by atoms with van der Waals surface area (Å²) in [5.74, 6) is 0.0122. The molecule has 0 spiro atoms. The number of para-hydroxylation sites is 1. The lowest BCUT2D eigenvalue weighted by atomic mass is 9.94. The van der Waals surface area contributed by atoms with Crippen molar-refractivity contribution >= 4 is 40.2 Å². The summed E-state index contributed by atoms with van der Waals surface area (Å²) >= 11 is 6.15. The molecule has 1 aliphatic heterocycles. The van der Waals surface area contributed by atoms with E-state index in [9.17, 15) is 9.59 Å². The van der Waals surface area contributed by atoms with Crippen molar-refractivity contribution in [2.45, 2.75) is 57.6 Å². The van der Waals surface area contributed by atoms with E-state index in [1.807, 2.05) is 54.6 Å². The third-order valence-corrected chi connectivity index (χ3v) is 9.52. The van der Waals surface area contributed by atoms with Crippen LogP contribution in [0.5, 0.6) is 5.75 Å². The smallest absolute Gasteiger partial charge is 0.340 e. The Morgan fingerprint density at radius 1 is 0.957 bits per heavy atom. The molecule has 47 heavy (non-hydrogen) atoms. The maximum atomic E-state index is 16.1. The number of methoxy groups -OCH3 is 1. The van der Waals surface area contributed by atoms with Crippen molar-refractivity contribution in [2.24, 2.45) is 0 Å². The molecule has 0 radical (unpaired) electrons. The monoisotopic (exact) mass is 651 g/mol. The molecule has 5 aromatic rings. The predicted molar refractivity (Wildman–Crippen MR) is 181 cm³/mol. The standard InChI is InChI=1S/C38H35ClFN3O4/c1-46-38(45)32-9-5-10-34-36(32)41-37(43(34)27-7-3-2-4-8-27)31-19-17-29(22-33(31)40)47-23-25-21-28(42-20-6-11-35(42)44)16-18-30(25)24-12-14-26(39)15-13-24/h5,9-10,12-19,21-22,27H,2-4,6-8,11,20,23H2,1H3. The molecule has 2 heterocycles. The van der Waals surface area contributed by atoms with Gasteiger partial charge in [0.25, 0.3) is 0 Å². The molecule has 0 N–H and O–H groups in total. The number of imidazole rings is 1. The van der Waals surface area contributed by atoms with E-state index < -0.39 is 11.8 Å². The second-order valence-electron chi connectivity index (χ2n) is 12.2. The quantitative estimate of drug-likeness (QED) is 0.156. The molecule has 0 atom stereocenters. The third-order valence-electron chi connectivity index (χ3n) is 9.27. The highest BCUT2D eigenvalue weighted by Crippen LogP contribution is 2.38. The Kier molecular flexibility index (Phi) is 8.69. The number of halogens is 2. The highest BCUT2D eigenvalue weighted by Gasteiger charge is 2.27. The number of hydrogen-bond donors (Lipinski definition) is 0. The summed E-state index contributed by atoms with van der Waals surface area (Å²) in [5, 5.41) is 0.639. The lowest BCUT2D eigenvalue weighted by Gasteiger charge is -2.26. The van der Waals surface area contributed by atoms with Gasteiger partial charge in [0.15, 0.2) is 0 Å². The first-order valence-electron chi connectivity index (χ1n) is 16.1. The summed E-state index contributed by atoms with van der Waals surface area (Å²) in [6, 6.07) is 23.9. The topological polar surface area (TPSA) is 73.7 Å². The molecular formula is C38H35ClFN3O4. The molecule has 2 aliphatic rings. The van der Waals surface area contributed by atoms with Gasteiger partial charge < -0.3 is 18.9 Å². The molecule has 240 valence electrons. The van der Waals surface area contributed by atoms with E-state index in [0.29, 0.717) is 46.2 Å². The summed E-state index contributed by atoms with van der Waals surface area (Å²) in [6.45, 7) is 0.842. The van der Waals surface area contributed by atoms with E-state index in [1.54, 1.807) is 23.1 Å². The van der Waals surface area contributed by atoms with Gasteiger partial charge in [-0.3, -0.25) is 4.79 Å². The molecule has 4 aromatic carbocycles. The number of ether oxygens (including phenoxy) is 2. The van der Waals surface area contributed by atoms with Gasteiger partial charge in [-0.15, -0.1) is 0 Å². The molecule has 1 aliphatic carbocycles. The van der Waals surface area contributed by atoms with E-state index in [-0.39, 0.29) is 18.6 Å². The van der Waals surface area contributed by atoms with Crippen LogP contribution in [-0.2, 0) is 16.1 Å². The van der Waals surface area contributed by atoms with E-state index in [0.717, 1.165) is 60.0 Å². The number of anilines is 1. The van der Waals surface area contributed by atoms with Crippen LogP contribution in [0.15, 0.2) is 78.9 Å². The van der Waals surface area contributed by atoms with Crippen LogP contribution in [0.1, 0.15) is 66.9 Å². The largest absolute Gasteiger partial charge is 0.489 e. The van der Waals surface area contributed by atoms with Gasteiger partial charge in [-0.25, -0.2) is 14.2 Å². The van der Waals surface area contributed by atoms with E-state index >= 15 is 4.39 Å². The second kappa shape index (κ2) is 13.2. The number of hydrogen-bond acceptors (Lipinski definition) is 5. The van der Waals surface area contributed by atoms with Crippen LogP contribution in [0.4, 0.5) is 10.1 Å². The predicted octanol–water partition coefficient (Wildman–Crippen LogP) is 9.16. The van der Waals surface area contributed by atoms with Gasteiger partial charge in [-0.05, 0) is 84.5 Å². The lowest BCUT2D eigenvalue weighted by molar-refractivity contribution is -0.117. The normalized spacial score (nSPS) is 15.4. The minimum Gasteiger partial charge on any atom is -0.489 e. The first kappa shape index (κ1) is 30.9. The SMILES string of the molecule is COC(=O)c1cccc2c1nc(-c1ccc(OCc3cc(N4CCCC4=O)ccc3-c3ccc(Cl)cc3)cc1F)n2C1CCCCC1. The van der Waals surface area contributed by atoms with Crippen LogP contribution in [0.2, 0.25) is 5.02 Å². The molecule has 2 fully saturated rings. The molecule has 0 bridgehead atoms. The molecule has 0 unspecified atom stereocenters. The van der Waals surface area contributed by atoms with Crippen molar-refractivity contribution < 1.29 is 23.5 Å². The Hall–Kier alpha value is -4.69. The van der Waals surface area contributed by atoms with Crippen molar-refractivity contribution in [3.05, 3.63) is 101 Å². The minimum absolute atomic E-state index is 0.103. The van der Waals surface area contributed by atoms with Gasteiger partial charge in [0, 0.05) is 35.8 Å². The summed E-state index contributed by atoms with van der Waals surface area (Å²) in [7, 11) is 1.35. The van der Waals surface area contributed by atoms with Crippen LogP contribution in [0.25, 0.3) is 33.5 Å². The van der Waals surface area contributed by atoms with Crippen LogP contribution >= 0.6 is 11.6 Å². The van der Waals surface area contributed by atoms with Crippen LogP contribution in [-0.4, -0.2) is 35.1 Å². The highest BCUT2D eigenvalue weighted by atomic mass is 35.5. The summed E-state index contributed by atoms with van der Waals surface area (Å²) in [5.41, 5.74) is 5.58. The number of esters is 1. The fourth-order valence-corrected chi connectivity index (χ4v) is 7.04. The molecule has 7 nitrogen and oxygen atoms in total. The fraction of sp³-hybridized carbons (Fsp3) is 0.289. The van der Waals surface area contributed by atoms with Crippen molar-refractivity contribution in [1.29, 1.82) is 0 Å². The number of amides is 1. The first-order chi connectivity index (χ1) is 22.9. The van der Waals surface area contributed by atoms with Crippen LogP contribution < -0.4 is 9.64 Å². The number of fused-ring (bicyclic) bond motifs is 1. The molecular weight excluding hydrogens is 617 g/mol. The number of aromatic nitrogens is 2. The van der Waals surface area contributed by atoms with Crippen molar-refractivity contribution in [2.75, 3.05) is 18.6 Å². The van der Waals surface area contributed by atoms with Gasteiger partial charge in [-0.2, -0.15) is 0 Å². The van der Waals surface area contributed by atoms with Crippen LogP contribution in [0, 0.1) is 5.82 Å². The Morgan fingerprint density at radius 3 is 2.47 bits per heavy atom. The molecule has 1 amide bonds. The van der Waals surface area contributed by atoms with Gasteiger partial charge in [0.1, 0.15) is 29.5 Å². The van der Waals surface area contributed by atoms with Crippen molar-refractivity contribution in [1.82, 2.24) is 9.55 Å². The number of carbonyl (C=O) groups excluding carboxylic acids is 2. The van der Waals surface area contributed by atoms with E-state index in [2.05, 4.69) is 4.57 Å². The molecule has 1 saturated heterocycles. The Labute approximate surface area is 277 Å². The number of benzene rings is 4. The molecule has 9 heteroatoms. The maximum absolute atomic E-state index is 16.1. The van der Waals surface area contributed by atoms with Gasteiger partial charge in [0.2, 0.25) is 5.91 Å². The van der Waals surface area contributed by atoms with E-state index in [4.69, 9.17) is 26.1 Å². The van der Waals surface area contributed by atoms with E-state index in [1.165, 1.54) is 19.6 Å². The summed E-state index contributed by atoms with van der Waals surface area (Å²) < 4.78 is 29.4. The average Bonchev–Trinajstić information content (AvgIpc) is 3.71. The minimum atomic E-state index is -0.476. The van der Waals surface area contributed by atoms with Crippen LogP contribution in [0.3, 0.4) is 0 Å². The first-order valence-corrected chi connectivity index (χ1v) is 16.5. The molecule has 7 rings (SSSR count). The maximum Gasteiger partial charge on any atom is 0.340 e. The van der Waals surface area contributed by atoms with Gasteiger partial charge in [0.05, 0.1) is 23.8 Å². The van der Waals surface area contributed by atoms with Gasteiger partial charge >= 0.3 is 5.97 Å². The van der Waals surface area contributed by atoms with Gasteiger partial charge in [-0.1, -0.05) is 55.1 Å². The highest BCUT2D eigenvalue weighted by molar-refractivity contribution is 6.30. The fourth-order valence-electron chi connectivity index (χ4n) is 6.92. The third kappa shape index (κ3) is 6.10. The lowest BCUT2D eigenvalue weighted by Crippen LogP contribution is -2.23. The Balaban J connectivity index is 1.22. The Bertz CT molecular complexity index is 1970. The van der Waals surface area contributed by atoms with Crippen molar-refractivity contribution in [3.63, 3.8) is 0 Å². The summed E-state index contributed by atoms with van der Waals surface area (Å²) in [6.07, 6.45) is 6.62. The Morgan fingerprint density at radius 2 is 1.74 bits per heavy atom. The molecule has 1 saturated carbocycles. The average molecular weight is 652 g/mol. The number of carbonyl (C=O) groups is 2. The number of nitrogens with zero attached hydrogens (tertiary/aromatic N) is 3. The van der Waals surface area contributed by atoms with Crippen molar-refractivity contribution in [3.8, 4) is 28.3 Å². The second-order valence-corrected chi connectivity index (χ2v) is 12.6. The zero-order valence-corrected chi connectivity index (χ0v) is 26.9. The molecule has 1 aromatic heterocycles. The zero-order valence-electron chi connectivity index (χ0n) is 26.2.